The van der Waals surface area contributed by atoms with Crippen molar-refractivity contribution in [1.29, 1.82) is 0 Å². The van der Waals surface area contributed by atoms with Gasteiger partial charge in [0.2, 0.25) is 5.91 Å². The van der Waals surface area contributed by atoms with Crippen LogP contribution in [0.25, 0.3) is 10.9 Å². The highest BCUT2D eigenvalue weighted by molar-refractivity contribution is 6.06. The standard InChI is InChI=1S/C35H32N4O3/c40-32(36-20-19-24-11-3-1-4-12-24)23-39-31-18-10-8-16-27(31)21-28(25-13-5-2-6-14-25)33(35(39)42)38-34(41)30-22-26-15-7-9-17-29(26)37-30/h1-18,22,28,33,37H,19-21,23H2,(H,36,40)(H,38,41)/t28-,33-/m1/s1. The molecule has 0 bridgehead atoms. The van der Waals surface area contributed by atoms with Gasteiger partial charge in [-0.15, -0.1) is 0 Å². The van der Waals surface area contributed by atoms with Crippen LogP contribution in [0.15, 0.2) is 115 Å². The zero-order valence-corrected chi connectivity index (χ0v) is 23.1. The first-order valence-electron chi connectivity index (χ1n) is 14.2. The minimum atomic E-state index is -0.893. The van der Waals surface area contributed by atoms with E-state index in [9.17, 15) is 14.4 Å². The van der Waals surface area contributed by atoms with E-state index < -0.39 is 6.04 Å². The maximum atomic E-state index is 14.4. The molecule has 3 amide bonds. The van der Waals surface area contributed by atoms with Crippen LogP contribution in [0.1, 0.15) is 33.1 Å². The summed E-state index contributed by atoms with van der Waals surface area (Å²) in [6.07, 6.45) is 1.21. The number of amides is 3. The fourth-order valence-corrected chi connectivity index (χ4v) is 5.70. The van der Waals surface area contributed by atoms with Gasteiger partial charge in [0.05, 0.1) is 0 Å². The van der Waals surface area contributed by atoms with E-state index in [-0.39, 0.29) is 30.2 Å². The van der Waals surface area contributed by atoms with E-state index >= 15 is 0 Å². The molecule has 0 fully saturated rings. The SMILES string of the molecule is O=C(CN1C(=O)[C@H](NC(=O)c2cc3ccccc3[nH]2)[C@@H](c2ccccc2)Cc2ccccc21)NCCc1ccccc1. The Labute approximate surface area is 244 Å². The van der Waals surface area contributed by atoms with Crippen molar-refractivity contribution in [3.05, 3.63) is 138 Å². The van der Waals surface area contributed by atoms with Crippen LogP contribution in [0.4, 0.5) is 5.69 Å². The van der Waals surface area contributed by atoms with Crippen LogP contribution in [0, 0.1) is 0 Å². The molecule has 0 radical (unpaired) electrons. The van der Waals surface area contributed by atoms with Crippen LogP contribution in [-0.4, -0.2) is 41.8 Å². The van der Waals surface area contributed by atoms with Crippen molar-refractivity contribution in [3.63, 3.8) is 0 Å². The van der Waals surface area contributed by atoms with E-state index in [0.29, 0.717) is 30.8 Å². The largest absolute Gasteiger partial charge is 0.354 e. The third-order valence-corrected chi connectivity index (χ3v) is 7.83. The molecule has 1 aromatic heterocycles. The smallest absolute Gasteiger partial charge is 0.268 e. The molecule has 210 valence electrons. The van der Waals surface area contributed by atoms with Gasteiger partial charge in [0.1, 0.15) is 18.3 Å². The molecule has 6 rings (SSSR count). The highest BCUT2D eigenvalue weighted by Crippen LogP contribution is 2.35. The van der Waals surface area contributed by atoms with Crippen molar-refractivity contribution in [3.8, 4) is 0 Å². The molecule has 0 unspecified atom stereocenters. The Hall–Kier alpha value is -5.17. The average Bonchev–Trinajstić information content (AvgIpc) is 3.43. The third-order valence-electron chi connectivity index (χ3n) is 7.83. The Morgan fingerprint density at radius 3 is 2.31 bits per heavy atom. The number of para-hydroxylation sites is 2. The normalized spacial score (nSPS) is 16.5. The van der Waals surface area contributed by atoms with Crippen LogP contribution in [-0.2, 0) is 22.4 Å². The summed E-state index contributed by atoms with van der Waals surface area (Å²) in [6.45, 7) is 0.310. The molecule has 2 atom stereocenters. The summed E-state index contributed by atoms with van der Waals surface area (Å²) in [7, 11) is 0. The van der Waals surface area contributed by atoms with E-state index in [1.165, 1.54) is 4.90 Å². The number of carbonyl (C=O) groups is 3. The van der Waals surface area contributed by atoms with Gasteiger partial charge in [-0.25, -0.2) is 0 Å². The van der Waals surface area contributed by atoms with E-state index in [4.69, 9.17) is 0 Å². The van der Waals surface area contributed by atoms with E-state index in [1.807, 2.05) is 109 Å². The van der Waals surface area contributed by atoms with Crippen molar-refractivity contribution < 1.29 is 14.4 Å². The monoisotopic (exact) mass is 556 g/mol. The lowest BCUT2D eigenvalue weighted by Gasteiger charge is -2.29. The van der Waals surface area contributed by atoms with E-state index in [2.05, 4.69) is 15.6 Å². The molecule has 3 N–H and O–H groups in total. The molecular weight excluding hydrogens is 524 g/mol. The molecule has 0 saturated carbocycles. The minimum absolute atomic E-state index is 0.148. The maximum absolute atomic E-state index is 14.4. The Kier molecular flexibility index (Phi) is 7.81. The molecule has 0 aliphatic carbocycles. The van der Waals surface area contributed by atoms with E-state index in [0.717, 1.165) is 27.6 Å². The number of nitrogens with zero attached hydrogens (tertiary/aromatic N) is 1. The first-order valence-corrected chi connectivity index (χ1v) is 14.2. The number of H-pyrrole nitrogens is 1. The molecule has 7 heteroatoms. The predicted molar refractivity (Wildman–Crippen MR) is 164 cm³/mol. The molecule has 7 nitrogen and oxygen atoms in total. The first kappa shape index (κ1) is 27.0. The fourth-order valence-electron chi connectivity index (χ4n) is 5.70. The van der Waals surface area contributed by atoms with Crippen molar-refractivity contribution >= 4 is 34.3 Å². The van der Waals surface area contributed by atoms with Gasteiger partial charge >= 0.3 is 0 Å². The summed E-state index contributed by atoms with van der Waals surface area (Å²) in [5.74, 6) is -1.28. The molecule has 1 aliphatic rings. The van der Waals surface area contributed by atoms with Crippen molar-refractivity contribution in [1.82, 2.24) is 15.6 Å². The lowest BCUT2D eigenvalue weighted by Crippen LogP contribution is -2.53. The van der Waals surface area contributed by atoms with Gasteiger partial charge in [-0.1, -0.05) is 97.1 Å². The van der Waals surface area contributed by atoms with Gasteiger partial charge < -0.3 is 20.5 Å². The Balaban J connectivity index is 1.29. The van der Waals surface area contributed by atoms with Gasteiger partial charge in [0, 0.05) is 29.1 Å². The highest BCUT2D eigenvalue weighted by atomic mass is 16.2. The molecule has 0 saturated heterocycles. The lowest BCUT2D eigenvalue weighted by molar-refractivity contribution is -0.124. The Bertz CT molecular complexity index is 1680. The van der Waals surface area contributed by atoms with Crippen molar-refractivity contribution in [2.24, 2.45) is 0 Å². The number of anilines is 1. The molecule has 4 aromatic carbocycles. The fraction of sp³-hybridized carbons (Fsp3) is 0.171. The summed E-state index contributed by atoms with van der Waals surface area (Å²) in [4.78, 5) is 45.8. The molecule has 42 heavy (non-hydrogen) atoms. The zero-order chi connectivity index (χ0) is 28.9. The lowest BCUT2D eigenvalue weighted by atomic mass is 9.86. The molecule has 1 aliphatic heterocycles. The number of fused-ring (bicyclic) bond motifs is 2. The zero-order valence-electron chi connectivity index (χ0n) is 23.1. The second kappa shape index (κ2) is 12.1. The molecule has 5 aromatic rings. The van der Waals surface area contributed by atoms with E-state index in [1.54, 1.807) is 6.07 Å². The third kappa shape index (κ3) is 5.81. The molecule has 0 spiro atoms. The van der Waals surface area contributed by atoms with Crippen molar-refractivity contribution in [2.45, 2.75) is 24.8 Å². The number of nitrogens with one attached hydrogen (secondary N) is 3. The van der Waals surface area contributed by atoms with Gasteiger partial charge in [-0.3, -0.25) is 14.4 Å². The van der Waals surface area contributed by atoms with Crippen LogP contribution in [0.3, 0.4) is 0 Å². The van der Waals surface area contributed by atoms with Crippen LogP contribution in [0.2, 0.25) is 0 Å². The number of hydrogen-bond donors (Lipinski definition) is 3. The summed E-state index contributed by atoms with van der Waals surface area (Å²) in [6, 6.07) is 35.9. The van der Waals surface area contributed by atoms with Crippen LogP contribution < -0.4 is 15.5 Å². The summed E-state index contributed by atoms with van der Waals surface area (Å²) in [5, 5.41) is 6.92. The molecule has 2 heterocycles. The second-order valence-electron chi connectivity index (χ2n) is 10.6. The number of carbonyl (C=O) groups excluding carboxylic acids is 3. The number of hydrogen-bond acceptors (Lipinski definition) is 3. The maximum Gasteiger partial charge on any atom is 0.268 e. The minimum Gasteiger partial charge on any atom is -0.354 e. The molecular formula is C35H32N4O3. The van der Waals surface area contributed by atoms with Gasteiger partial charge in [-0.05, 0) is 47.7 Å². The van der Waals surface area contributed by atoms with Gasteiger partial charge in [0.25, 0.3) is 11.8 Å². The number of aromatic nitrogens is 1. The summed E-state index contributed by atoms with van der Waals surface area (Å²) in [5.41, 5.74) is 4.91. The summed E-state index contributed by atoms with van der Waals surface area (Å²) < 4.78 is 0. The Morgan fingerprint density at radius 2 is 1.52 bits per heavy atom. The first-order chi connectivity index (χ1) is 20.6. The van der Waals surface area contributed by atoms with Crippen molar-refractivity contribution in [2.75, 3.05) is 18.0 Å². The number of benzene rings is 4. The topological polar surface area (TPSA) is 94.3 Å². The number of rotatable bonds is 8. The van der Waals surface area contributed by atoms with Crippen LogP contribution >= 0.6 is 0 Å². The Morgan fingerprint density at radius 1 is 0.833 bits per heavy atom. The summed E-state index contributed by atoms with van der Waals surface area (Å²) >= 11 is 0. The number of aromatic amines is 1. The quantitative estimate of drug-likeness (QED) is 0.251. The highest BCUT2D eigenvalue weighted by Gasteiger charge is 2.39. The average molecular weight is 557 g/mol. The van der Waals surface area contributed by atoms with Crippen LogP contribution in [0.5, 0.6) is 0 Å². The second-order valence-corrected chi connectivity index (χ2v) is 10.6. The van der Waals surface area contributed by atoms with Gasteiger partial charge in [0.15, 0.2) is 0 Å². The predicted octanol–water partition coefficient (Wildman–Crippen LogP) is 5.00. The van der Waals surface area contributed by atoms with Gasteiger partial charge in [-0.2, -0.15) is 0 Å².